The number of nitrogens with zero attached hydrogens (tertiary/aromatic N) is 2. The van der Waals surface area contributed by atoms with Crippen LogP contribution in [0.5, 0.6) is 5.75 Å². The van der Waals surface area contributed by atoms with Crippen LogP contribution < -0.4 is 9.46 Å². The zero-order chi connectivity index (χ0) is 18.4. The van der Waals surface area contributed by atoms with Gasteiger partial charge in [-0.3, -0.25) is 4.90 Å². The van der Waals surface area contributed by atoms with E-state index >= 15 is 0 Å². The molecule has 0 amide bonds. The van der Waals surface area contributed by atoms with Crippen molar-refractivity contribution in [3.8, 4) is 5.75 Å². The Labute approximate surface area is 150 Å². The molecule has 1 aromatic rings. The monoisotopic (exact) mass is 371 g/mol. The lowest BCUT2D eigenvalue weighted by Crippen LogP contribution is -2.56. The van der Waals surface area contributed by atoms with E-state index in [2.05, 4.69) is 22.6 Å². The van der Waals surface area contributed by atoms with Crippen molar-refractivity contribution in [2.45, 2.75) is 31.9 Å². The summed E-state index contributed by atoms with van der Waals surface area (Å²) in [5, 5.41) is 10.3. The number of ether oxygens (including phenoxy) is 1. The molecule has 1 aromatic carbocycles. The molecule has 0 aromatic heterocycles. The van der Waals surface area contributed by atoms with Gasteiger partial charge in [-0.1, -0.05) is 25.1 Å². The zero-order valence-electron chi connectivity index (χ0n) is 15.2. The van der Waals surface area contributed by atoms with Crippen LogP contribution in [0.1, 0.15) is 18.9 Å². The van der Waals surface area contributed by atoms with E-state index in [1.807, 2.05) is 18.2 Å². The van der Waals surface area contributed by atoms with Gasteiger partial charge in [-0.15, -0.1) is 0 Å². The zero-order valence-corrected chi connectivity index (χ0v) is 16.0. The summed E-state index contributed by atoms with van der Waals surface area (Å²) in [6, 6.07) is 7.53. The Balaban J connectivity index is 1.79. The molecule has 1 fully saturated rings. The lowest BCUT2D eigenvalue weighted by atomic mass is 10.0. The molecule has 0 spiro atoms. The van der Waals surface area contributed by atoms with Crippen LogP contribution in [-0.2, 0) is 16.6 Å². The van der Waals surface area contributed by atoms with Gasteiger partial charge in [0.2, 0.25) is 0 Å². The van der Waals surface area contributed by atoms with Gasteiger partial charge in [0, 0.05) is 27.2 Å². The second-order valence-electron chi connectivity index (χ2n) is 6.48. The van der Waals surface area contributed by atoms with Crippen molar-refractivity contribution in [3.05, 3.63) is 29.8 Å². The van der Waals surface area contributed by atoms with Crippen LogP contribution in [0, 0.1) is 0 Å². The number of hydrogen-bond donors (Lipinski definition) is 2. The van der Waals surface area contributed by atoms with E-state index in [-0.39, 0.29) is 0 Å². The summed E-state index contributed by atoms with van der Waals surface area (Å²) in [5.41, 5.74) is 1.18. The molecule has 0 saturated carbocycles. The van der Waals surface area contributed by atoms with E-state index in [0.717, 1.165) is 23.0 Å². The van der Waals surface area contributed by atoms with Crippen LogP contribution in [0.2, 0.25) is 0 Å². The Morgan fingerprint density at radius 1 is 1.36 bits per heavy atom. The van der Waals surface area contributed by atoms with Gasteiger partial charge in [-0.2, -0.15) is 17.4 Å². The minimum absolute atomic E-state index is 0.430. The van der Waals surface area contributed by atoms with E-state index in [4.69, 9.17) is 4.74 Å². The van der Waals surface area contributed by atoms with Gasteiger partial charge in [0.1, 0.15) is 12.4 Å². The molecule has 0 bridgehead atoms. The van der Waals surface area contributed by atoms with Crippen molar-refractivity contribution in [2.75, 3.05) is 40.3 Å². The smallest absolute Gasteiger partial charge is 0.279 e. The van der Waals surface area contributed by atoms with Crippen LogP contribution >= 0.6 is 0 Å². The number of β-amino-alcohol motifs (C(OH)–C–C–N with tert-alkyl or cyclic N) is 1. The number of aliphatic hydroxyl groups is 1. The van der Waals surface area contributed by atoms with Gasteiger partial charge < -0.3 is 9.84 Å². The van der Waals surface area contributed by atoms with Crippen molar-refractivity contribution in [2.24, 2.45) is 0 Å². The van der Waals surface area contributed by atoms with Gasteiger partial charge in [-0.25, -0.2) is 0 Å². The summed E-state index contributed by atoms with van der Waals surface area (Å²) in [7, 11) is -0.594. The molecule has 1 aliphatic heterocycles. The maximum Gasteiger partial charge on any atom is 0.279 e. The molecule has 2 N–H and O–H groups in total. The first-order valence-electron chi connectivity index (χ1n) is 8.64. The van der Waals surface area contributed by atoms with Gasteiger partial charge in [-0.05, 0) is 31.0 Å². The highest BCUT2D eigenvalue weighted by molar-refractivity contribution is 7.87. The number of para-hydroxylation sites is 1. The number of aliphatic hydroxyl groups excluding tert-OH is 1. The number of rotatable bonds is 8. The Bertz CT molecular complexity index is 651. The normalized spacial score (nSPS) is 22.3. The molecule has 25 heavy (non-hydrogen) atoms. The molecule has 1 saturated heterocycles. The SMILES string of the molecule is CCc1ccccc1OCCN1CC[C@@H](NS(=O)(=O)N(C)C)[C@H](O)C1. The lowest BCUT2D eigenvalue weighted by molar-refractivity contribution is 0.0418. The molecule has 0 unspecified atom stereocenters. The number of piperidine rings is 1. The maximum absolute atomic E-state index is 11.9. The van der Waals surface area contributed by atoms with Crippen LogP contribution in [0.4, 0.5) is 0 Å². The lowest BCUT2D eigenvalue weighted by Gasteiger charge is -2.36. The second kappa shape index (κ2) is 8.95. The third-order valence-corrected chi connectivity index (χ3v) is 6.03. The van der Waals surface area contributed by atoms with Crippen LogP contribution in [0.3, 0.4) is 0 Å². The minimum atomic E-state index is -3.53. The molecular formula is C17H29N3O4S. The topological polar surface area (TPSA) is 82.1 Å². The van der Waals surface area contributed by atoms with Gasteiger partial charge in [0.25, 0.3) is 10.2 Å². The van der Waals surface area contributed by atoms with Gasteiger partial charge in [0.05, 0.1) is 12.1 Å². The quantitative estimate of drug-likeness (QED) is 0.694. The maximum atomic E-state index is 11.9. The van der Waals surface area contributed by atoms with Crippen molar-refractivity contribution in [1.82, 2.24) is 13.9 Å². The minimum Gasteiger partial charge on any atom is -0.492 e. The molecule has 1 aliphatic rings. The third kappa shape index (κ3) is 5.65. The standard InChI is InChI=1S/C17H29N3O4S/c1-4-14-7-5-6-8-17(14)24-12-11-20-10-9-15(16(21)13-20)18-25(22,23)19(2)3/h5-8,15-16,18,21H,4,9-13H2,1-3H3/t15-,16-/m1/s1. The number of likely N-dealkylation sites (tertiary alicyclic amines) is 1. The number of aryl methyl sites for hydroxylation is 1. The van der Waals surface area contributed by atoms with E-state index in [0.29, 0.717) is 26.1 Å². The summed E-state index contributed by atoms with van der Waals surface area (Å²) < 4.78 is 33.3. The van der Waals surface area contributed by atoms with E-state index in [1.54, 1.807) is 0 Å². The molecule has 2 atom stereocenters. The largest absolute Gasteiger partial charge is 0.492 e. The van der Waals surface area contributed by atoms with Crippen molar-refractivity contribution < 1.29 is 18.3 Å². The second-order valence-corrected chi connectivity index (χ2v) is 8.39. The Morgan fingerprint density at radius 3 is 2.72 bits per heavy atom. The fraction of sp³-hybridized carbons (Fsp3) is 0.647. The average Bonchev–Trinajstić information content (AvgIpc) is 2.57. The molecule has 142 valence electrons. The molecule has 2 rings (SSSR count). The fourth-order valence-electron chi connectivity index (χ4n) is 2.86. The van der Waals surface area contributed by atoms with Gasteiger partial charge >= 0.3 is 0 Å². The van der Waals surface area contributed by atoms with Crippen LogP contribution in [0.15, 0.2) is 24.3 Å². The first-order valence-corrected chi connectivity index (χ1v) is 10.1. The fourth-order valence-corrected chi connectivity index (χ4v) is 3.72. The number of hydrogen-bond acceptors (Lipinski definition) is 5. The summed E-state index contributed by atoms with van der Waals surface area (Å²) in [4.78, 5) is 2.10. The summed E-state index contributed by atoms with van der Waals surface area (Å²) in [5.74, 6) is 0.902. The average molecular weight is 372 g/mol. The molecule has 7 nitrogen and oxygen atoms in total. The van der Waals surface area contributed by atoms with E-state index in [1.165, 1.54) is 19.7 Å². The number of nitrogens with one attached hydrogen (secondary N) is 1. The van der Waals surface area contributed by atoms with Crippen molar-refractivity contribution in [3.63, 3.8) is 0 Å². The summed E-state index contributed by atoms with van der Waals surface area (Å²) in [6.45, 7) is 4.48. The Kier molecular flexibility index (Phi) is 7.21. The van der Waals surface area contributed by atoms with E-state index in [9.17, 15) is 13.5 Å². The molecule has 0 aliphatic carbocycles. The molecule has 8 heteroatoms. The third-order valence-electron chi connectivity index (χ3n) is 4.47. The molecular weight excluding hydrogens is 342 g/mol. The summed E-state index contributed by atoms with van der Waals surface area (Å²) >= 11 is 0. The highest BCUT2D eigenvalue weighted by Gasteiger charge is 2.31. The summed E-state index contributed by atoms with van der Waals surface area (Å²) in [6.07, 6.45) is 0.762. The van der Waals surface area contributed by atoms with Crippen LogP contribution in [-0.4, -0.2) is 75.2 Å². The Morgan fingerprint density at radius 2 is 2.08 bits per heavy atom. The highest BCUT2D eigenvalue weighted by atomic mass is 32.2. The van der Waals surface area contributed by atoms with E-state index < -0.39 is 22.4 Å². The first kappa shape index (κ1) is 20.1. The molecule has 0 radical (unpaired) electrons. The first-order chi connectivity index (χ1) is 11.8. The highest BCUT2D eigenvalue weighted by Crippen LogP contribution is 2.18. The number of benzene rings is 1. The van der Waals surface area contributed by atoms with Crippen molar-refractivity contribution >= 4 is 10.2 Å². The Hall–Kier alpha value is -1.19. The van der Waals surface area contributed by atoms with Crippen molar-refractivity contribution in [1.29, 1.82) is 0 Å². The van der Waals surface area contributed by atoms with Crippen LogP contribution in [0.25, 0.3) is 0 Å². The predicted octanol–water partition coefficient (Wildman–Crippen LogP) is 0.459. The molecule has 1 heterocycles. The van der Waals surface area contributed by atoms with Gasteiger partial charge in [0.15, 0.2) is 0 Å². The predicted molar refractivity (Wildman–Crippen MR) is 97.9 cm³/mol.